The molecular weight excluding hydrogens is 290 g/mol. The average molecular weight is 302 g/mol. The maximum absolute atomic E-state index is 12.6. The summed E-state index contributed by atoms with van der Waals surface area (Å²) >= 11 is 6.09. The van der Waals surface area contributed by atoms with Crippen LogP contribution >= 0.6 is 11.6 Å². The molecule has 3 heterocycles. The van der Waals surface area contributed by atoms with Gasteiger partial charge in [0.25, 0.3) is 5.91 Å². The van der Waals surface area contributed by atoms with Gasteiger partial charge in [-0.2, -0.15) is 5.10 Å². The smallest absolute Gasteiger partial charge is 0.290 e. The first kappa shape index (κ1) is 12.4. The van der Waals surface area contributed by atoms with E-state index in [4.69, 9.17) is 11.6 Å². The Balaban J connectivity index is 1.66. The molecule has 0 unspecified atom stereocenters. The molecule has 1 aromatic carbocycles. The number of nitrogens with zero attached hydrogens (tertiary/aromatic N) is 4. The Morgan fingerprint density at radius 3 is 3.05 bits per heavy atom. The van der Waals surface area contributed by atoms with Crippen molar-refractivity contribution < 1.29 is 4.79 Å². The van der Waals surface area contributed by atoms with Crippen molar-refractivity contribution in [2.24, 2.45) is 0 Å². The highest BCUT2D eigenvalue weighted by Crippen LogP contribution is 2.22. The summed E-state index contributed by atoms with van der Waals surface area (Å²) in [6.45, 7) is 1.87. The molecule has 0 saturated carbocycles. The van der Waals surface area contributed by atoms with Crippen LogP contribution in [0.3, 0.4) is 0 Å². The van der Waals surface area contributed by atoms with Crippen LogP contribution in [0.5, 0.6) is 0 Å². The number of rotatable bonds is 1. The summed E-state index contributed by atoms with van der Waals surface area (Å²) in [6, 6.07) is 7.38. The molecule has 0 saturated heterocycles. The fraction of sp³-hybridized carbons (Fsp3) is 0.214. The molecule has 0 radical (unpaired) electrons. The standard InChI is InChI=1S/C14H12ClN5O/c15-10-2-1-3-11-12(10)18-13(17-11)14(21)19-6-7-20-9(8-19)4-5-16-20/h1-5H,6-8H2,(H,17,18). The molecule has 0 fully saturated rings. The average Bonchev–Trinajstić information content (AvgIpc) is 3.12. The molecule has 3 aromatic rings. The summed E-state index contributed by atoms with van der Waals surface area (Å²) in [5.41, 5.74) is 2.43. The number of nitrogens with one attached hydrogen (secondary N) is 1. The number of halogens is 1. The number of carbonyl (C=O) groups excluding carboxylic acids is 1. The molecule has 0 aliphatic carbocycles. The Morgan fingerprint density at radius 2 is 2.19 bits per heavy atom. The van der Waals surface area contributed by atoms with Crippen LogP contribution in [0.25, 0.3) is 11.0 Å². The molecule has 1 amide bonds. The highest BCUT2D eigenvalue weighted by atomic mass is 35.5. The zero-order valence-electron chi connectivity index (χ0n) is 11.1. The third-order valence-electron chi connectivity index (χ3n) is 3.69. The number of hydrogen-bond acceptors (Lipinski definition) is 3. The van der Waals surface area contributed by atoms with Crippen molar-refractivity contribution in [3.8, 4) is 0 Å². The van der Waals surface area contributed by atoms with Crippen molar-refractivity contribution in [2.45, 2.75) is 13.1 Å². The van der Waals surface area contributed by atoms with Crippen LogP contribution in [0.1, 0.15) is 16.3 Å². The Bertz CT molecular complexity index is 837. The Hall–Kier alpha value is -2.34. The highest BCUT2D eigenvalue weighted by molar-refractivity contribution is 6.35. The first-order chi connectivity index (χ1) is 10.2. The van der Waals surface area contributed by atoms with Gasteiger partial charge in [0.2, 0.25) is 0 Å². The van der Waals surface area contributed by atoms with E-state index in [0.29, 0.717) is 36.0 Å². The van der Waals surface area contributed by atoms with E-state index in [1.807, 2.05) is 22.9 Å². The van der Waals surface area contributed by atoms with Gasteiger partial charge in [-0.1, -0.05) is 17.7 Å². The molecule has 1 aliphatic heterocycles. The highest BCUT2D eigenvalue weighted by Gasteiger charge is 2.24. The van der Waals surface area contributed by atoms with Gasteiger partial charge >= 0.3 is 0 Å². The van der Waals surface area contributed by atoms with E-state index < -0.39 is 0 Å². The molecule has 0 bridgehead atoms. The predicted molar refractivity (Wildman–Crippen MR) is 78.1 cm³/mol. The third-order valence-corrected chi connectivity index (χ3v) is 4.00. The Kier molecular flexibility index (Phi) is 2.71. The van der Waals surface area contributed by atoms with E-state index in [1.165, 1.54) is 0 Å². The monoisotopic (exact) mass is 301 g/mol. The zero-order valence-corrected chi connectivity index (χ0v) is 11.8. The minimum Gasteiger partial charge on any atom is -0.334 e. The first-order valence-electron chi connectivity index (χ1n) is 6.66. The van der Waals surface area contributed by atoms with Gasteiger partial charge in [-0.3, -0.25) is 9.48 Å². The van der Waals surface area contributed by atoms with E-state index in [-0.39, 0.29) is 5.91 Å². The van der Waals surface area contributed by atoms with Crippen molar-refractivity contribution in [3.05, 3.63) is 47.0 Å². The van der Waals surface area contributed by atoms with Gasteiger partial charge < -0.3 is 9.88 Å². The summed E-state index contributed by atoms with van der Waals surface area (Å²) < 4.78 is 1.92. The van der Waals surface area contributed by atoms with Crippen LogP contribution < -0.4 is 0 Å². The second-order valence-corrected chi connectivity index (χ2v) is 5.40. The van der Waals surface area contributed by atoms with E-state index in [9.17, 15) is 4.79 Å². The zero-order chi connectivity index (χ0) is 14.4. The van der Waals surface area contributed by atoms with E-state index in [0.717, 1.165) is 11.2 Å². The number of fused-ring (bicyclic) bond motifs is 2. The van der Waals surface area contributed by atoms with Crippen LogP contribution in [0.2, 0.25) is 5.02 Å². The normalized spacial score (nSPS) is 14.4. The maximum Gasteiger partial charge on any atom is 0.290 e. The number of carbonyl (C=O) groups is 1. The molecule has 1 aliphatic rings. The topological polar surface area (TPSA) is 66.8 Å². The van der Waals surface area contributed by atoms with E-state index >= 15 is 0 Å². The third kappa shape index (κ3) is 1.99. The molecule has 0 atom stereocenters. The molecule has 4 rings (SSSR count). The molecule has 0 spiro atoms. The van der Waals surface area contributed by atoms with Gasteiger partial charge in [-0.25, -0.2) is 4.98 Å². The van der Waals surface area contributed by atoms with E-state index in [2.05, 4.69) is 15.1 Å². The van der Waals surface area contributed by atoms with Crippen molar-refractivity contribution in [1.82, 2.24) is 24.6 Å². The van der Waals surface area contributed by atoms with Crippen molar-refractivity contribution in [2.75, 3.05) is 6.54 Å². The van der Waals surface area contributed by atoms with Crippen molar-refractivity contribution >= 4 is 28.5 Å². The summed E-state index contributed by atoms with van der Waals surface area (Å²) in [5.74, 6) is 0.209. The number of aromatic nitrogens is 4. The lowest BCUT2D eigenvalue weighted by Crippen LogP contribution is -2.38. The number of aromatic amines is 1. The summed E-state index contributed by atoms with van der Waals surface area (Å²) in [7, 11) is 0. The van der Waals surface area contributed by atoms with Gasteiger partial charge in [-0.15, -0.1) is 0 Å². The molecule has 2 aromatic heterocycles. The number of amides is 1. The fourth-order valence-electron chi connectivity index (χ4n) is 2.61. The number of benzene rings is 1. The molecule has 7 heteroatoms. The Labute approximate surface area is 125 Å². The van der Waals surface area contributed by atoms with Gasteiger partial charge in [0.05, 0.1) is 29.3 Å². The number of H-pyrrole nitrogens is 1. The van der Waals surface area contributed by atoms with Crippen molar-refractivity contribution in [1.29, 1.82) is 0 Å². The summed E-state index contributed by atoms with van der Waals surface area (Å²) in [4.78, 5) is 21.7. The molecular formula is C14H12ClN5O. The SMILES string of the molecule is O=C(c1nc2c(Cl)cccc2[nH]1)N1CCn2nccc2C1. The number of hydrogen-bond donors (Lipinski definition) is 1. The van der Waals surface area contributed by atoms with Crippen LogP contribution in [0.4, 0.5) is 0 Å². The van der Waals surface area contributed by atoms with Crippen LogP contribution in [-0.4, -0.2) is 37.1 Å². The van der Waals surface area contributed by atoms with Crippen LogP contribution in [0, 0.1) is 0 Å². The quantitative estimate of drug-likeness (QED) is 0.748. The molecule has 21 heavy (non-hydrogen) atoms. The minimum atomic E-state index is -0.116. The predicted octanol–water partition coefficient (Wildman–Crippen LogP) is 2.07. The second-order valence-electron chi connectivity index (χ2n) is 4.99. The fourth-order valence-corrected chi connectivity index (χ4v) is 2.82. The molecule has 1 N–H and O–H groups in total. The Morgan fingerprint density at radius 1 is 1.29 bits per heavy atom. The second kappa shape index (κ2) is 4.60. The van der Waals surface area contributed by atoms with Crippen LogP contribution in [-0.2, 0) is 13.1 Å². The number of para-hydroxylation sites is 1. The van der Waals surface area contributed by atoms with Gasteiger partial charge in [0.1, 0.15) is 5.52 Å². The minimum absolute atomic E-state index is 0.116. The lowest BCUT2D eigenvalue weighted by atomic mass is 10.3. The van der Waals surface area contributed by atoms with Gasteiger partial charge in [-0.05, 0) is 18.2 Å². The maximum atomic E-state index is 12.6. The van der Waals surface area contributed by atoms with Crippen molar-refractivity contribution in [3.63, 3.8) is 0 Å². The van der Waals surface area contributed by atoms with Gasteiger partial charge in [0, 0.05) is 12.7 Å². The molecule has 6 nitrogen and oxygen atoms in total. The summed E-state index contributed by atoms with van der Waals surface area (Å²) in [5, 5.41) is 4.75. The lowest BCUT2D eigenvalue weighted by Gasteiger charge is -2.26. The van der Waals surface area contributed by atoms with E-state index in [1.54, 1.807) is 17.2 Å². The first-order valence-corrected chi connectivity index (χ1v) is 7.04. The lowest BCUT2D eigenvalue weighted by molar-refractivity contribution is 0.0695. The van der Waals surface area contributed by atoms with Crippen LogP contribution in [0.15, 0.2) is 30.5 Å². The number of imidazole rings is 1. The van der Waals surface area contributed by atoms with Gasteiger partial charge in [0.15, 0.2) is 5.82 Å². The molecule has 106 valence electrons. The largest absolute Gasteiger partial charge is 0.334 e. The summed E-state index contributed by atoms with van der Waals surface area (Å²) in [6.07, 6.45) is 1.75.